The predicted molar refractivity (Wildman–Crippen MR) is 86.1 cm³/mol. The van der Waals surface area contributed by atoms with E-state index in [-0.39, 0.29) is 4.75 Å². The van der Waals surface area contributed by atoms with E-state index in [9.17, 15) is 4.55 Å². The van der Waals surface area contributed by atoms with Crippen LogP contribution < -0.4 is 4.72 Å². The maximum absolute atomic E-state index is 11.8. The molecular weight excluding hydrogens is 324 g/mol. The van der Waals surface area contributed by atoms with Gasteiger partial charge in [-0.1, -0.05) is 11.6 Å². The van der Waals surface area contributed by atoms with Crippen LogP contribution in [-0.2, 0) is 11.4 Å². The normalized spacial score (nSPS) is 14.5. The maximum atomic E-state index is 11.8. The van der Waals surface area contributed by atoms with Gasteiger partial charge in [0.05, 0.1) is 5.69 Å². The van der Waals surface area contributed by atoms with Gasteiger partial charge in [-0.2, -0.15) is 0 Å². The second-order valence-corrected chi connectivity index (χ2v) is 8.26. The molecule has 0 saturated carbocycles. The van der Waals surface area contributed by atoms with Gasteiger partial charge >= 0.3 is 0 Å². The third-order valence-corrected chi connectivity index (χ3v) is 4.46. The SMILES string of the molecule is CC(=Cc1cccc(Br)n1)CCN[S+]([O-])C(C)(C)C. The molecule has 1 rings (SSSR count). The molecular formula is C14H21BrN2OS. The van der Waals surface area contributed by atoms with Crippen molar-refractivity contribution in [1.29, 1.82) is 0 Å². The molecule has 1 N–H and O–H groups in total. The molecule has 5 heteroatoms. The van der Waals surface area contributed by atoms with Gasteiger partial charge in [-0.05, 0) is 68.3 Å². The van der Waals surface area contributed by atoms with Crippen molar-refractivity contribution in [3.63, 3.8) is 0 Å². The summed E-state index contributed by atoms with van der Waals surface area (Å²) < 4.78 is 15.5. The maximum Gasteiger partial charge on any atom is 0.136 e. The number of nitrogens with one attached hydrogen (secondary N) is 1. The van der Waals surface area contributed by atoms with E-state index in [1.807, 2.05) is 45.0 Å². The van der Waals surface area contributed by atoms with Crippen LogP contribution in [0.4, 0.5) is 0 Å². The minimum Gasteiger partial charge on any atom is -0.598 e. The highest BCUT2D eigenvalue weighted by Gasteiger charge is 2.25. The minimum atomic E-state index is -1.00. The number of nitrogens with zero attached hydrogens (tertiary/aromatic N) is 1. The molecule has 0 spiro atoms. The quantitative estimate of drug-likeness (QED) is 0.654. The fourth-order valence-electron chi connectivity index (χ4n) is 1.39. The molecule has 0 aliphatic carbocycles. The number of pyridine rings is 1. The fourth-order valence-corrected chi connectivity index (χ4v) is 2.46. The lowest BCUT2D eigenvalue weighted by atomic mass is 10.2. The average Bonchev–Trinajstić information content (AvgIpc) is 2.27. The number of halogens is 1. The lowest BCUT2D eigenvalue weighted by Gasteiger charge is -2.23. The molecule has 0 bridgehead atoms. The first-order valence-electron chi connectivity index (χ1n) is 6.24. The van der Waals surface area contributed by atoms with Crippen LogP contribution in [0.1, 0.15) is 39.8 Å². The summed E-state index contributed by atoms with van der Waals surface area (Å²) in [5, 5.41) is 0. The third-order valence-electron chi connectivity index (χ3n) is 2.44. The molecule has 0 radical (unpaired) electrons. The molecule has 0 fully saturated rings. The zero-order valence-electron chi connectivity index (χ0n) is 11.9. The Labute approximate surface area is 127 Å². The first kappa shape index (κ1) is 16.7. The van der Waals surface area contributed by atoms with E-state index in [1.54, 1.807) is 0 Å². The van der Waals surface area contributed by atoms with Gasteiger partial charge in [0.1, 0.15) is 9.35 Å². The predicted octanol–water partition coefficient (Wildman–Crippen LogP) is 3.69. The van der Waals surface area contributed by atoms with E-state index in [0.717, 1.165) is 16.7 Å². The van der Waals surface area contributed by atoms with Gasteiger partial charge in [0.15, 0.2) is 0 Å². The Bertz CT molecular complexity index is 443. The van der Waals surface area contributed by atoms with Gasteiger partial charge in [0.2, 0.25) is 0 Å². The molecule has 3 nitrogen and oxygen atoms in total. The zero-order valence-corrected chi connectivity index (χ0v) is 14.3. The summed E-state index contributed by atoms with van der Waals surface area (Å²) in [6.45, 7) is 8.66. The highest BCUT2D eigenvalue weighted by Crippen LogP contribution is 2.14. The van der Waals surface area contributed by atoms with Gasteiger partial charge in [0, 0.05) is 17.9 Å². The summed E-state index contributed by atoms with van der Waals surface area (Å²) in [6, 6.07) is 5.83. The van der Waals surface area contributed by atoms with Crippen LogP contribution in [0, 0.1) is 0 Å². The minimum absolute atomic E-state index is 0.219. The number of aromatic nitrogens is 1. The highest BCUT2D eigenvalue weighted by molar-refractivity contribution is 9.10. The molecule has 1 aromatic heterocycles. The van der Waals surface area contributed by atoms with Crippen LogP contribution in [0.5, 0.6) is 0 Å². The van der Waals surface area contributed by atoms with Crippen molar-refractivity contribution in [3.8, 4) is 0 Å². The van der Waals surface area contributed by atoms with Crippen LogP contribution in [0.15, 0.2) is 28.4 Å². The smallest absolute Gasteiger partial charge is 0.136 e. The van der Waals surface area contributed by atoms with Crippen molar-refractivity contribution in [2.24, 2.45) is 0 Å². The van der Waals surface area contributed by atoms with E-state index in [0.29, 0.717) is 6.54 Å². The molecule has 19 heavy (non-hydrogen) atoms. The van der Waals surface area contributed by atoms with Gasteiger partial charge in [0.25, 0.3) is 0 Å². The number of rotatable bonds is 5. The van der Waals surface area contributed by atoms with E-state index in [4.69, 9.17) is 0 Å². The second kappa shape index (κ2) is 7.43. The van der Waals surface area contributed by atoms with Crippen molar-refractivity contribution in [2.75, 3.05) is 6.54 Å². The van der Waals surface area contributed by atoms with Crippen LogP contribution >= 0.6 is 15.9 Å². The molecule has 0 aliphatic rings. The second-order valence-electron chi connectivity index (χ2n) is 5.40. The number of hydrogen-bond acceptors (Lipinski definition) is 3. The first-order chi connectivity index (χ1) is 8.79. The summed E-state index contributed by atoms with van der Waals surface area (Å²) in [4.78, 5) is 4.36. The van der Waals surface area contributed by atoms with Crippen LogP contribution in [-0.4, -0.2) is 20.8 Å². The Morgan fingerprint density at radius 3 is 2.74 bits per heavy atom. The van der Waals surface area contributed by atoms with E-state index in [2.05, 4.69) is 32.6 Å². The van der Waals surface area contributed by atoms with Gasteiger partial charge < -0.3 is 4.55 Å². The van der Waals surface area contributed by atoms with Gasteiger partial charge in [-0.3, -0.25) is 0 Å². The Morgan fingerprint density at radius 2 is 2.16 bits per heavy atom. The van der Waals surface area contributed by atoms with E-state index >= 15 is 0 Å². The molecule has 0 amide bonds. The summed E-state index contributed by atoms with van der Waals surface area (Å²) in [6.07, 6.45) is 2.91. The van der Waals surface area contributed by atoms with Crippen molar-refractivity contribution >= 4 is 33.4 Å². The molecule has 0 saturated heterocycles. The molecule has 1 heterocycles. The highest BCUT2D eigenvalue weighted by atomic mass is 79.9. The van der Waals surface area contributed by atoms with Crippen molar-refractivity contribution in [1.82, 2.24) is 9.71 Å². The van der Waals surface area contributed by atoms with Crippen LogP contribution in [0.3, 0.4) is 0 Å². The standard InChI is InChI=1S/C14H21BrN2OS/c1-11(8-9-16-19(18)14(2,3)4)10-12-6-5-7-13(15)17-12/h5-7,10,16H,8-9H2,1-4H3. The zero-order chi connectivity index (χ0) is 14.5. The lowest BCUT2D eigenvalue weighted by molar-refractivity contribution is 0.544. The van der Waals surface area contributed by atoms with Gasteiger partial charge in [-0.15, -0.1) is 4.72 Å². The van der Waals surface area contributed by atoms with E-state index in [1.165, 1.54) is 5.57 Å². The van der Waals surface area contributed by atoms with Crippen molar-refractivity contribution in [2.45, 2.75) is 38.9 Å². The molecule has 106 valence electrons. The summed E-state index contributed by atoms with van der Waals surface area (Å²) in [5.41, 5.74) is 2.15. The topological polar surface area (TPSA) is 48.0 Å². The molecule has 1 atom stereocenters. The molecule has 0 aromatic carbocycles. The Morgan fingerprint density at radius 1 is 1.47 bits per heavy atom. The van der Waals surface area contributed by atoms with Crippen molar-refractivity contribution in [3.05, 3.63) is 34.1 Å². The number of hydrogen-bond donors (Lipinski definition) is 1. The monoisotopic (exact) mass is 344 g/mol. The molecule has 1 unspecified atom stereocenters. The Hall–Kier alpha value is -0.360. The summed E-state index contributed by atoms with van der Waals surface area (Å²) in [7, 11) is 0. The van der Waals surface area contributed by atoms with Crippen molar-refractivity contribution < 1.29 is 4.55 Å². The van der Waals surface area contributed by atoms with E-state index < -0.39 is 11.4 Å². The van der Waals surface area contributed by atoms with Crippen LogP contribution in [0.2, 0.25) is 0 Å². The van der Waals surface area contributed by atoms with Gasteiger partial charge in [-0.25, -0.2) is 4.98 Å². The summed E-state index contributed by atoms with van der Waals surface area (Å²) >= 11 is 2.35. The molecule has 1 aromatic rings. The first-order valence-corrected chi connectivity index (χ1v) is 8.18. The Kier molecular flexibility index (Phi) is 6.53. The third kappa shape index (κ3) is 6.56. The summed E-state index contributed by atoms with van der Waals surface area (Å²) in [5.74, 6) is 0. The largest absolute Gasteiger partial charge is 0.598 e. The Balaban J connectivity index is 2.45. The lowest BCUT2D eigenvalue weighted by Crippen LogP contribution is -2.39. The van der Waals surface area contributed by atoms with Crippen LogP contribution in [0.25, 0.3) is 6.08 Å². The fraction of sp³-hybridized carbons (Fsp3) is 0.500. The molecule has 0 aliphatic heterocycles. The average molecular weight is 345 g/mol.